The highest BCUT2D eigenvalue weighted by Crippen LogP contribution is 2.27. The van der Waals surface area contributed by atoms with Crippen molar-refractivity contribution in [2.45, 2.75) is 44.2 Å². The molecule has 0 aromatic carbocycles. The summed E-state index contributed by atoms with van der Waals surface area (Å²) in [5.41, 5.74) is 0. The van der Waals surface area contributed by atoms with Gasteiger partial charge in [-0.3, -0.25) is 0 Å². The number of piperidine rings is 1. The minimum absolute atomic E-state index is 0.0157. The number of hydrogen-bond acceptors (Lipinski definition) is 2. The predicted molar refractivity (Wildman–Crippen MR) is 44.5 cm³/mol. The van der Waals surface area contributed by atoms with Crippen molar-refractivity contribution in [3.8, 4) is 0 Å². The van der Waals surface area contributed by atoms with Gasteiger partial charge in [-0.25, -0.2) is 0 Å². The zero-order valence-corrected chi connectivity index (χ0v) is 7.00. The van der Waals surface area contributed by atoms with Crippen LogP contribution in [0, 0.1) is 0 Å². The quantitative estimate of drug-likeness (QED) is 0.610. The van der Waals surface area contributed by atoms with E-state index in [4.69, 9.17) is 5.11 Å². The van der Waals surface area contributed by atoms with Gasteiger partial charge in [0.25, 0.3) is 0 Å². The zero-order valence-electron chi connectivity index (χ0n) is 7.00. The summed E-state index contributed by atoms with van der Waals surface area (Å²) in [6, 6.07) is 0.727. The van der Waals surface area contributed by atoms with Crippen molar-refractivity contribution in [3.63, 3.8) is 0 Å². The minimum Gasteiger partial charge on any atom is -0.393 e. The van der Waals surface area contributed by atoms with E-state index in [1.165, 1.54) is 32.4 Å². The van der Waals surface area contributed by atoms with E-state index in [2.05, 4.69) is 4.90 Å². The summed E-state index contributed by atoms with van der Waals surface area (Å²) in [6.45, 7) is 2.55. The summed E-state index contributed by atoms with van der Waals surface area (Å²) in [7, 11) is 0. The summed E-state index contributed by atoms with van der Waals surface area (Å²) >= 11 is 0. The second-order valence-corrected chi connectivity index (χ2v) is 3.88. The fourth-order valence-electron chi connectivity index (χ4n) is 2.14. The molecule has 64 valence electrons. The van der Waals surface area contributed by atoms with Gasteiger partial charge < -0.3 is 10.0 Å². The van der Waals surface area contributed by atoms with Crippen LogP contribution in [0.3, 0.4) is 0 Å². The first kappa shape index (κ1) is 7.56. The van der Waals surface area contributed by atoms with Gasteiger partial charge in [-0.1, -0.05) is 6.42 Å². The van der Waals surface area contributed by atoms with Gasteiger partial charge in [0.1, 0.15) is 0 Å². The minimum atomic E-state index is 0.0157. The molecule has 0 atom stereocenters. The molecule has 1 heterocycles. The Kier molecular flexibility index (Phi) is 2.14. The molecule has 0 spiro atoms. The SMILES string of the molecule is OC1CC(N2CCCCC2)C1. The van der Waals surface area contributed by atoms with Gasteiger partial charge in [-0.05, 0) is 38.8 Å². The maximum Gasteiger partial charge on any atom is 0.0570 e. The van der Waals surface area contributed by atoms with Gasteiger partial charge in [-0.2, -0.15) is 0 Å². The van der Waals surface area contributed by atoms with Crippen LogP contribution in [-0.4, -0.2) is 35.2 Å². The third-order valence-electron chi connectivity index (χ3n) is 3.00. The molecule has 2 nitrogen and oxygen atoms in total. The van der Waals surface area contributed by atoms with Crippen LogP contribution >= 0.6 is 0 Å². The highest BCUT2D eigenvalue weighted by atomic mass is 16.3. The first-order valence-corrected chi connectivity index (χ1v) is 4.78. The molecule has 0 radical (unpaired) electrons. The van der Waals surface area contributed by atoms with Crippen LogP contribution in [0.15, 0.2) is 0 Å². The number of likely N-dealkylation sites (tertiary alicyclic amines) is 1. The molecule has 0 aromatic rings. The molecule has 0 bridgehead atoms. The Morgan fingerprint density at radius 2 is 1.64 bits per heavy atom. The molecule has 1 aliphatic carbocycles. The van der Waals surface area contributed by atoms with E-state index in [9.17, 15) is 0 Å². The van der Waals surface area contributed by atoms with Crippen molar-refractivity contribution in [2.75, 3.05) is 13.1 Å². The van der Waals surface area contributed by atoms with E-state index >= 15 is 0 Å². The molecule has 1 saturated heterocycles. The first-order valence-electron chi connectivity index (χ1n) is 4.78. The van der Waals surface area contributed by atoms with Crippen LogP contribution < -0.4 is 0 Å². The van der Waals surface area contributed by atoms with Crippen LogP contribution in [-0.2, 0) is 0 Å². The van der Waals surface area contributed by atoms with Gasteiger partial charge in [0, 0.05) is 6.04 Å². The Balaban J connectivity index is 1.76. The Morgan fingerprint density at radius 3 is 2.18 bits per heavy atom. The molecular weight excluding hydrogens is 138 g/mol. The highest BCUT2D eigenvalue weighted by Gasteiger charge is 2.32. The van der Waals surface area contributed by atoms with Crippen LogP contribution in [0.1, 0.15) is 32.1 Å². The fraction of sp³-hybridized carbons (Fsp3) is 1.00. The zero-order chi connectivity index (χ0) is 7.68. The van der Waals surface area contributed by atoms with E-state index in [0.29, 0.717) is 0 Å². The molecular formula is C9H17NO. The number of aliphatic hydroxyl groups excluding tert-OH is 1. The summed E-state index contributed by atoms with van der Waals surface area (Å²) in [4.78, 5) is 2.55. The third-order valence-corrected chi connectivity index (χ3v) is 3.00. The number of nitrogens with zero attached hydrogens (tertiary/aromatic N) is 1. The normalized spacial score (nSPS) is 40.1. The van der Waals surface area contributed by atoms with Gasteiger partial charge in [0.05, 0.1) is 6.10 Å². The predicted octanol–water partition coefficient (Wildman–Crippen LogP) is 0.996. The van der Waals surface area contributed by atoms with Crippen molar-refractivity contribution in [1.29, 1.82) is 0 Å². The van der Waals surface area contributed by atoms with Crippen molar-refractivity contribution in [3.05, 3.63) is 0 Å². The molecule has 2 heteroatoms. The monoisotopic (exact) mass is 155 g/mol. The lowest BCUT2D eigenvalue weighted by atomic mass is 9.87. The fourth-order valence-corrected chi connectivity index (χ4v) is 2.14. The van der Waals surface area contributed by atoms with Crippen molar-refractivity contribution < 1.29 is 5.11 Å². The third kappa shape index (κ3) is 1.57. The Morgan fingerprint density at radius 1 is 1.00 bits per heavy atom. The van der Waals surface area contributed by atoms with Gasteiger partial charge in [0.15, 0.2) is 0 Å². The maximum absolute atomic E-state index is 9.12. The molecule has 1 aliphatic heterocycles. The van der Waals surface area contributed by atoms with Crippen LogP contribution in [0.5, 0.6) is 0 Å². The largest absolute Gasteiger partial charge is 0.393 e. The Hall–Kier alpha value is -0.0800. The summed E-state index contributed by atoms with van der Waals surface area (Å²) in [6.07, 6.45) is 6.22. The number of hydrogen-bond donors (Lipinski definition) is 1. The Bertz CT molecular complexity index is 126. The molecule has 1 N–H and O–H groups in total. The van der Waals surface area contributed by atoms with Gasteiger partial charge >= 0.3 is 0 Å². The van der Waals surface area contributed by atoms with Crippen LogP contribution in [0.2, 0.25) is 0 Å². The lowest BCUT2D eigenvalue weighted by Crippen LogP contribution is -2.48. The van der Waals surface area contributed by atoms with Crippen LogP contribution in [0.4, 0.5) is 0 Å². The second kappa shape index (κ2) is 3.11. The summed E-state index contributed by atoms with van der Waals surface area (Å²) < 4.78 is 0. The van der Waals surface area contributed by atoms with Crippen molar-refractivity contribution >= 4 is 0 Å². The van der Waals surface area contributed by atoms with E-state index < -0.39 is 0 Å². The highest BCUT2D eigenvalue weighted by molar-refractivity contribution is 4.87. The lowest BCUT2D eigenvalue weighted by Gasteiger charge is -2.42. The van der Waals surface area contributed by atoms with E-state index in [0.717, 1.165) is 18.9 Å². The average molecular weight is 155 g/mol. The molecule has 2 aliphatic rings. The Labute approximate surface area is 68.2 Å². The molecule has 11 heavy (non-hydrogen) atoms. The van der Waals surface area contributed by atoms with E-state index in [-0.39, 0.29) is 6.10 Å². The van der Waals surface area contributed by atoms with E-state index in [1.807, 2.05) is 0 Å². The summed E-state index contributed by atoms with van der Waals surface area (Å²) in [5.74, 6) is 0. The summed E-state index contributed by atoms with van der Waals surface area (Å²) in [5, 5.41) is 9.12. The maximum atomic E-state index is 9.12. The smallest absolute Gasteiger partial charge is 0.0570 e. The molecule has 2 rings (SSSR count). The van der Waals surface area contributed by atoms with Gasteiger partial charge in [-0.15, -0.1) is 0 Å². The first-order chi connectivity index (χ1) is 5.36. The van der Waals surface area contributed by atoms with Crippen LogP contribution in [0.25, 0.3) is 0 Å². The lowest BCUT2D eigenvalue weighted by molar-refractivity contribution is -0.00545. The standard InChI is InChI=1S/C9H17NO/c11-9-6-8(7-9)10-4-2-1-3-5-10/h8-9,11H,1-7H2. The molecule has 1 saturated carbocycles. The van der Waals surface area contributed by atoms with Crippen molar-refractivity contribution in [1.82, 2.24) is 4.90 Å². The number of rotatable bonds is 1. The molecule has 0 amide bonds. The number of aliphatic hydroxyl groups is 1. The molecule has 0 unspecified atom stereocenters. The molecule has 0 aromatic heterocycles. The van der Waals surface area contributed by atoms with E-state index in [1.54, 1.807) is 0 Å². The second-order valence-electron chi connectivity index (χ2n) is 3.88. The topological polar surface area (TPSA) is 23.5 Å². The average Bonchev–Trinajstić information content (AvgIpc) is 2.01. The molecule has 2 fully saturated rings. The van der Waals surface area contributed by atoms with Crippen molar-refractivity contribution in [2.24, 2.45) is 0 Å². The van der Waals surface area contributed by atoms with Gasteiger partial charge in [0.2, 0.25) is 0 Å².